The fourth-order valence-electron chi connectivity index (χ4n) is 7.78. The SMILES string of the molecule is Fc1ccc(-c2ccc3c(c2)c2cc(-c4ccc(F)cc4)ccc2n3-c2cccc(-c3ccc4c5ccccc5n(-c5ccccc5)c4c3)c2)cc1. The van der Waals surface area contributed by atoms with E-state index in [2.05, 4.69) is 143 Å². The van der Waals surface area contributed by atoms with Gasteiger partial charge in [0.25, 0.3) is 0 Å². The Morgan fingerprint density at radius 1 is 0.269 bits per heavy atom. The summed E-state index contributed by atoms with van der Waals surface area (Å²) < 4.78 is 32.3. The lowest BCUT2D eigenvalue weighted by Crippen LogP contribution is -1.95. The van der Waals surface area contributed by atoms with Crippen LogP contribution in [0.15, 0.2) is 182 Å². The van der Waals surface area contributed by atoms with Gasteiger partial charge in [0.1, 0.15) is 11.6 Å². The van der Waals surface area contributed by atoms with Gasteiger partial charge in [-0.15, -0.1) is 0 Å². The minimum atomic E-state index is -0.258. The number of hydrogen-bond acceptors (Lipinski definition) is 0. The van der Waals surface area contributed by atoms with Gasteiger partial charge in [-0.05, 0) is 118 Å². The highest BCUT2D eigenvalue weighted by Crippen LogP contribution is 2.39. The third kappa shape index (κ3) is 4.91. The van der Waals surface area contributed by atoms with Crippen molar-refractivity contribution in [2.24, 2.45) is 0 Å². The zero-order chi connectivity index (χ0) is 34.8. The Kier molecular flexibility index (Phi) is 6.90. The van der Waals surface area contributed by atoms with Crippen LogP contribution in [0.5, 0.6) is 0 Å². The Hall–Kier alpha value is -6.78. The van der Waals surface area contributed by atoms with Gasteiger partial charge in [0, 0.05) is 32.9 Å². The summed E-state index contributed by atoms with van der Waals surface area (Å²) >= 11 is 0. The molecule has 0 saturated carbocycles. The molecule has 0 aliphatic heterocycles. The van der Waals surface area contributed by atoms with Crippen LogP contribution in [0.3, 0.4) is 0 Å². The molecule has 2 aromatic heterocycles. The molecule has 0 atom stereocenters. The van der Waals surface area contributed by atoms with Crippen molar-refractivity contribution in [2.45, 2.75) is 0 Å². The van der Waals surface area contributed by atoms with Crippen LogP contribution in [0.2, 0.25) is 0 Å². The van der Waals surface area contributed by atoms with Crippen molar-refractivity contribution < 1.29 is 8.78 Å². The molecule has 0 aliphatic rings. The lowest BCUT2D eigenvalue weighted by Gasteiger charge is -2.12. The highest BCUT2D eigenvalue weighted by Gasteiger charge is 2.17. The molecular formula is C48H30F2N2. The maximum absolute atomic E-state index is 13.8. The molecule has 246 valence electrons. The minimum absolute atomic E-state index is 0.258. The molecule has 8 aromatic carbocycles. The fraction of sp³-hybridized carbons (Fsp3) is 0. The maximum atomic E-state index is 13.8. The van der Waals surface area contributed by atoms with Gasteiger partial charge in [-0.3, -0.25) is 0 Å². The average molecular weight is 673 g/mol. The molecule has 0 N–H and O–H groups in total. The summed E-state index contributed by atoms with van der Waals surface area (Å²) in [6.45, 7) is 0. The summed E-state index contributed by atoms with van der Waals surface area (Å²) in [6, 6.07) is 60.8. The first-order chi connectivity index (χ1) is 25.6. The van der Waals surface area contributed by atoms with Gasteiger partial charge in [-0.25, -0.2) is 8.78 Å². The third-order valence-electron chi connectivity index (χ3n) is 10.2. The van der Waals surface area contributed by atoms with E-state index in [1.807, 2.05) is 24.3 Å². The number of fused-ring (bicyclic) bond motifs is 6. The van der Waals surface area contributed by atoms with Crippen molar-refractivity contribution >= 4 is 43.6 Å². The minimum Gasteiger partial charge on any atom is -0.309 e. The van der Waals surface area contributed by atoms with E-state index in [1.54, 1.807) is 0 Å². The first-order valence-corrected chi connectivity index (χ1v) is 17.4. The van der Waals surface area contributed by atoms with Crippen LogP contribution in [0.1, 0.15) is 0 Å². The molecule has 2 nitrogen and oxygen atoms in total. The Morgan fingerprint density at radius 2 is 0.731 bits per heavy atom. The molecule has 0 amide bonds. The van der Waals surface area contributed by atoms with E-state index in [0.717, 1.165) is 72.1 Å². The lowest BCUT2D eigenvalue weighted by atomic mass is 10.0. The summed E-state index contributed by atoms with van der Waals surface area (Å²) in [5.41, 5.74) is 12.8. The van der Waals surface area contributed by atoms with Crippen LogP contribution < -0.4 is 0 Å². The Morgan fingerprint density at radius 3 is 1.38 bits per heavy atom. The van der Waals surface area contributed by atoms with Crippen molar-refractivity contribution in [2.75, 3.05) is 0 Å². The van der Waals surface area contributed by atoms with Crippen LogP contribution in [0.25, 0.3) is 88.4 Å². The number of rotatable bonds is 5. The van der Waals surface area contributed by atoms with E-state index >= 15 is 0 Å². The van der Waals surface area contributed by atoms with Crippen molar-refractivity contribution in [3.63, 3.8) is 0 Å². The van der Waals surface area contributed by atoms with Crippen molar-refractivity contribution in [3.05, 3.63) is 194 Å². The van der Waals surface area contributed by atoms with Gasteiger partial charge >= 0.3 is 0 Å². The molecule has 0 spiro atoms. The summed E-state index contributed by atoms with van der Waals surface area (Å²) in [4.78, 5) is 0. The molecule has 0 radical (unpaired) electrons. The highest BCUT2D eigenvalue weighted by atomic mass is 19.1. The standard InChI is InChI=1S/C48H30F2N2/c49-37-20-13-31(14-21-37)34-18-25-46-43(28-34)44-29-35(32-15-22-38(50)23-16-32)19-26-47(44)52(46)40-10-6-7-33(27-40)36-17-24-42-41-11-4-5-12-45(41)51(48(42)30-36)39-8-2-1-3-9-39/h1-30H. The van der Waals surface area contributed by atoms with Crippen molar-refractivity contribution in [1.29, 1.82) is 0 Å². The molecule has 0 aliphatic carbocycles. The molecule has 2 heterocycles. The number of nitrogens with zero attached hydrogens (tertiary/aromatic N) is 2. The summed E-state index contributed by atoms with van der Waals surface area (Å²) in [6.07, 6.45) is 0. The zero-order valence-electron chi connectivity index (χ0n) is 28.0. The summed E-state index contributed by atoms with van der Waals surface area (Å²) in [7, 11) is 0. The van der Waals surface area contributed by atoms with E-state index in [9.17, 15) is 8.78 Å². The number of para-hydroxylation sites is 2. The summed E-state index contributed by atoms with van der Waals surface area (Å²) in [5, 5.41) is 4.61. The second-order valence-electron chi connectivity index (χ2n) is 13.3. The van der Waals surface area contributed by atoms with Crippen LogP contribution in [-0.4, -0.2) is 9.13 Å². The molecule has 4 heteroatoms. The second kappa shape index (κ2) is 11.9. The van der Waals surface area contributed by atoms with Crippen molar-refractivity contribution in [1.82, 2.24) is 9.13 Å². The van der Waals surface area contributed by atoms with Crippen LogP contribution in [0, 0.1) is 11.6 Å². The number of halogens is 2. The van der Waals surface area contributed by atoms with Crippen LogP contribution in [-0.2, 0) is 0 Å². The largest absolute Gasteiger partial charge is 0.309 e. The Bertz CT molecular complexity index is 2850. The molecule has 0 bridgehead atoms. The van der Waals surface area contributed by atoms with Crippen LogP contribution in [0.4, 0.5) is 8.78 Å². The predicted octanol–water partition coefficient (Wildman–Crippen LogP) is 13.2. The Labute approximate surface area is 299 Å². The normalized spacial score (nSPS) is 11.7. The van der Waals surface area contributed by atoms with Gasteiger partial charge in [-0.1, -0.05) is 97.1 Å². The molecule has 52 heavy (non-hydrogen) atoms. The second-order valence-corrected chi connectivity index (χ2v) is 13.3. The topological polar surface area (TPSA) is 9.86 Å². The molecule has 0 saturated heterocycles. The van der Waals surface area contributed by atoms with E-state index < -0.39 is 0 Å². The van der Waals surface area contributed by atoms with Gasteiger partial charge in [-0.2, -0.15) is 0 Å². The van der Waals surface area contributed by atoms with Gasteiger partial charge < -0.3 is 9.13 Å². The smallest absolute Gasteiger partial charge is 0.123 e. The first-order valence-electron chi connectivity index (χ1n) is 17.4. The zero-order valence-corrected chi connectivity index (χ0v) is 28.0. The van der Waals surface area contributed by atoms with E-state index in [0.29, 0.717) is 0 Å². The first kappa shape index (κ1) is 30.1. The number of hydrogen-bond donors (Lipinski definition) is 0. The van der Waals surface area contributed by atoms with Crippen molar-refractivity contribution in [3.8, 4) is 44.8 Å². The van der Waals surface area contributed by atoms with Gasteiger partial charge in [0.15, 0.2) is 0 Å². The molecule has 0 fully saturated rings. The fourth-order valence-corrected chi connectivity index (χ4v) is 7.78. The van der Waals surface area contributed by atoms with E-state index in [-0.39, 0.29) is 11.6 Å². The monoisotopic (exact) mass is 672 g/mol. The third-order valence-corrected chi connectivity index (χ3v) is 10.2. The van der Waals surface area contributed by atoms with Gasteiger partial charge in [0.2, 0.25) is 0 Å². The highest BCUT2D eigenvalue weighted by molar-refractivity contribution is 6.12. The quantitative estimate of drug-likeness (QED) is 0.172. The maximum Gasteiger partial charge on any atom is 0.123 e. The van der Waals surface area contributed by atoms with Crippen LogP contribution >= 0.6 is 0 Å². The molecule has 10 aromatic rings. The molecule has 10 rings (SSSR count). The van der Waals surface area contributed by atoms with E-state index in [1.165, 1.54) is 40.6 Å². The number of aromatic nitrogens is 2. The van der Waals surface area contributed by atoms with Gasteiger partial charge in [0.05, 0.1) is 22.1 Å². The lowest BCUT2D eigenvalue weighted by molar-refractivity contribution is 0.627. The average Bonchev–Trinajstić information content (AvgIpc) is 3.70. The molecular weight excluding hydrogens is 643 g/mol. The number of benzene rings is 8. The Balaban J connectivity index is 1.16. The van der Waals surface area contributed by atoms with E-state index in [4.69, 9.17) is 0 Å². The summed E-state index contributed by atoms with van der Waals surface area (Å²) in [5.74, 6) is -0.517. The predicted molar refractivity (Wildman–Crippen MR) is 211 cm³/mol. The molecule has 0 unspecified atom stereocenters.